The second kappa shape index (κ2) is 10.5. The van der Waals surface area contributed by atoms with Crippen LogP contribution in [0.5, 0.6) is 11.5 Å². The minimum absolute atomic E-state index is 0.0638. The largest absolute Gasteiger partial charge is 0.493 e. The van der Waals surface area contributed by atoms with Gasteiger partial charge in [-0.05, 0) is 47.7 Å². The fourth-order valence-electron chi connectivity index (χ4n) is 2.24. The Morgan fingerprint density at radius 2 is 2.11 bits per heavy atom. The van der Waals surface area contributed by atoms with Crippen LogP contribution in [0.3, 0.4) is 0 Å². The van der Waals surface area contributed by atoms with Crippen molar-refractivity contribution >= 4 is 41.0 Å². The molecule has 2 aromatic carbocycles. The van der Waals surface area contributed by atoms with E-state index in [1.54, 1.807) is 48.2 Å². The molecule has 0 heterocycles. The molecule has 7 heteroatoms. The van der Waals surface area contributed by atoms with Crippen molar-refractivity contribution in [3.63, 3.8) is 0 Å². The quantitative estimate of drug-likeness (QED) is 0.496. The van der Waals surface area contributed by atoms with Crippen LogP contribution in [0, 0.1) is 11.3 Å². The van der Waals surface area contributed by atoms with Gasteiger partial charge in [0.2, 0.25) is 5.91 Å². The zero-order valence-electron chi connectivity index (χ0n) is 15.0. The summed E-state index contributed by atoms with van der Waals surface area (Å²) in [5, 5.41) is 12.0. The minimum atomic E-state index is -0.265. The van der Waals surface area contributed by atoms with Crippen molar-refractivity contribution < 1.29 is 14.3 Å². The van der Waals surface area contributed by atoms with E-state index in [1.165, 1.54) is 13.2 Å². The summed E-state index contributed by atoms with van der Waals surface area (Å²) in [4.78, 5) is 13.2. The van der Waals surface area contributed by atoms with Crippen LogP contribution in [0.25, 0.3) is 6.08 Å². The first-order valence-electron chi connectivity index (χ1n) is 8.16. The van der Waals surface area contributed by atoms with Crippen LogP contribution in [0.15, 0.2) is 47.4 Å². The number of methoxy groups -OCH3 is 1. The van der Waals surface area contributed by atoms with Gasteiger partial charge in [0.05, 0.1) is 12.8 Å². The van der Waals surface area contributed by atoms with Gasteiger partial charge in [-0.2, -0.15) is 5.26 Å². The number of amides is 1. The van der Waals surface area contributed by atoms with Gasteiger partial charge >= 0.3 is 0 Å². The lowest BCUT2D eigenvalue weighted by Crippen LogP contribution is -2.08. The Balaban J connectivity index is 2.11. The highest BCUT2D eigenvalue weighted by molar-refractivity contribution is 7.99. The maximum Gasteiger partial charge on any atom is 0.248 e. The summed E-state index contributed by atoms with van der Waals surface area (Å²) in [6.45, 7) is 1.98. The van der Waals surface area contributed by atoms with Gasteiger partial charge in [-0.3, -0.25) is 4.79 Å². The predicted octanol–water partition coefficient (Wildman–Crippen LogP) is 5.01. The van der Waals surface area contributed by atoms with Crippen molar-refractivity contribution in [1.82, 2.24) is 0 Å². The third-order valence-corrected chi connectivity index (χ3v) is 4.60. The number of carbonyl (C=O) groups is 1. The number of rotatable bonds is 8. The van der Waals surface area contributed by atoms with Crippen LogP contribution in [0.4, 0.5) is 5.69 Å². The Hall–Kier alpha value is -2.62. The molecule has 0 aliphatic rings. The number of hydrogen-bond acceptors (Lipinski definition) is 5. The number of nitrogens with zero attached hydrogens (tertiary/aromatic N) is 1. The molecule has 0 aromatic heterocycles. The summed E-state index contributed by atoms with van der Waals surface area (Å²) in [5.74, 6) is 1.59. The molecule has 5 nitrogen and oxygen atoms in total. The van der Waals surface area contributed by atoms with Gasteiger partial charge in [-0.15, -0.1) is 11.8 Å². The van der Waals surface area contributed by atoms with Gasteiger partial charge in [0.1, 0.15) is 6.07 Å². The molecule has 27 heavy (non-hydrogen) atoms. The van der Waals surface area contributed by atoms with E-state index < -0.39 is 0 Å². The number of thioether (sulfide) groups is 1. The van der Waals surface area contributed by atoms with Gasteiger partial charge in [0.15, 0.2) is 18.1 Å². The van der Waals surface area contributed by atoms with E-state index in [0.717, 1.165) is 16.2 Å². The molecule has 0 unspecified atom stereocenters. The fraction of sp³-hybridized carbons (Fsp3) is 0.200. The maximum absolute atomic E-state index is 12.3. The van der Waals surface area contributed by atoms with E-state index in [4.69, 9.17) is 26.3 Å². The van der Waals surface area contributed by atoms with Crippen molar-refractivity contribution in [3.8, 4) is 17.6 Å². The standard InChI is InChI=1S/C20H19ClN2O3S/c1-3-27-19-8-6-15(21)13-16(19)23-20(24)9-5-14-4-7-17(26-11-10-22)18(12-14)25-2/h4-9,12-13H,3,11H2,1-2H3,(H,23,24). The smallest absolute Gasteiger partial charge is 0.248 e. The highest BCUT2D eigenvalue weighted by Gasteiger charge is 2.07. The minimum Gasteiger partial charge on any atom is -0.493 e. The van der Waals surface area contributed by atoms with Crippen molar-refractivity contribution in [3.05, 3.63) is 53.1 Å². The molecule has 0 fully saturated rings. The number of carbonyl (C=O) groups excluding carboxylic acids is 1. The number of benzene rings is 2. The molecule has 1 amide bonds. The molecule has 0 aliphatic carbocycles. The summed E-state index contributed by atoms with van der Waals surface area (Å²) in [6, 6.07) is 12.5. The average molecular weight is 403 g/mol. The lowest BCUT2D eigenvalue weighted by Gasteiger charge is -2.10. The Morgan fingerprint density at radius 1 is 1.30 bits per heavy atom. The van der Waals surface area contributed by atoms with E-state index in [0.29, 0.717) is 22.2 Å². The molecule has 2 aromatic rings. The van der Waals surface area contributed by atoms with Gasteiger partial charge in [-0.25, -0.2) is 0 Å². The van der Waals surface area contributed by atoms with Gasteiger partial charge in [0, 0.05) is 16.0 Å². The highest BCUT2D eigenvalue weighted by Crippen LogP contribution is 2.30. The monoisotopic (exact) mass is 402 g/mol. The zero-order chi connectivity index (χ0) is 19.6. The van der Waals surface area contributed by atoms with Crippen molar-refractivity contribution in [1.29, 1.82) is 5.26 Å². The van der Waals surface area contributed by atoms with E-state index in [1.807, 2.05) is 19.1 Å². The van der Waals surface area contributed by atoms with Crippen LogP contribution < -0.4 is 14.8 Å². The fourth-order valence-corrected chi connectivity index (χ4v) is 3.16. The zero-order valence-corrected chi connectivity index (χ0v) is 16.6. The average Bonchev–Trinajstić information content (AvgIpc) is 2.67. The number of halogens is 1. The van der Waals surface area contributed by atoms with E-state index >= 15 is 0 Å². The Morgan fingerprint density at radius 3 is 2.81 bits per heavy atom. The van der Waals surface area contributed by atoms with Crippen molar-refractivity contribution in [2.75, 3.05) is 24.8 Å². The molecular formula is C20H19ClN2O3S. The third-order valence-electron chi connectivity index (χ3n) is 3.41. The second-order valence-electron chi connectivity index (χ2n) is 5.25. The third kappa shape index (κ3) is 6.24. The molecule has 0 saturated carbocycles. The van der Waals surface area contributed by atoms with E-state index in [-0.39, 0.29) is 12.5 Å². The summed E-state index contributed by atoms with van der Waals surface area (Å²) in [6.07, 6.45) is 3.11. The lowest BCUT2D eigenvalue weighted by molar-refractivity contribution is -0.111. The Kier molecular flexibility index (Phi) is 8.05. The summed E-state index contributed by atoms with van der Waals surface area (Å²) in [7, 11) is 1.51. The maximum atomic E-state index is 12.3. The number of nitrogens with one attached hydrogen (secondary N) is 1. The van der Waals surface area contributed by atoms with Crippen molar-refractivity contribution in [2.45, 2.75) is 11.8 Å². The first-order valence-corrected chi connectivity index (χ1v) is 9.53. The van der Waals surface area contributed by atoms with Gasteiger partial charge in [0.25, 0.3) is 0 Å². The Bertz CT molecular complexity index is 878. The van der Waals surface area contributed by atoms with Crippen LogP contribution in [0.1, 0.15) is 12.5 Å². The number of anilines is 1. The first kappa shape index (κ1) is 20.7. The number of ether oxygens (including phenoxy) is 2. The first-order chi connectivity index (χ1) is 13.1. The molecule has 0 spiro atoms. The molecule has 0 saturated heterocycles. The Labute approximate surface area is 167 Å². The molecule has 140 valence electrons. The SMILES string of the molecule is CCSc1ccc(Cl)cc1NC(=O)C=Cc1ccc(OCC#N)c(OC)c1. The molecule has 0 aliphatic heterocycles. The summed E-state index contributed by atoms with van der Waals surface area (Å²) >= 11 is 7.66. The molecule has 1 N–H and O–H groups in total. The van der Waals surface area contributed by atoms with Crippen LogP contribution >= 0.6 is 23.4 Å². The molecule has 2 rings (SSSR count). The van der Waals surface area contributed by atoms with Gasteiger partial charge < -0.3 is 14.8 Å². The molecular weight excluding hydrogens is 384 g/mol. The topological polar surface area (TPSA) is 71.3 Å². The number of nitriles is 1. The predicted molar refractivity (Wildman–Crippen MR) is 110 cm³/mol. The van der Waals surface area contributed by atoms with E-state index in [2.05, 4.69) is 5.32 Å². The normalized spacial score (nSPS) is 10.4. The molecule has 0 radical (unpaired) electrons. The molecule has 0 atom stereocenters. The molecule has 0 bridgehead atoms. The lowest BCUT2D eigenvalue weighted by atomic mass is 10.2. The summed E-state index contributed by atoms with van der Waals surface area (Å²) < 4.78 is 10.5. The van der Waals surface area contributed by atoms with Crippen LogP contribution in [0.2, 0.25) is 5.02 Å². The van der Waals surface area contributed by atoms with Gasteiger partial charge in [-0.1, -0.05) is 24.6 Å². The van der Waals surface area contributed by atoms with E-state index in [9.17, 15) is 4.79 Å². The van der Waals surface area contributed by atoms with Crippen LogP contribution in [-0.2, 0) is 4.79 Å². The summed E-state index contributed by atoms with van der Waals surface area (Å²) in [5.41, 5.74) is 1.45. The number of hydrogen-bond donors (Lipinski definition) is 1. The van der Waals surface area contributed by atoms with Crippen LogP contribution in [-0.4, -0.2) is 25.4 Å². The second-order valence-corrected chi connectivity index (χ2v) is 7.00. The van der Waals surface area contributed by atoms with Crippen molar-refractivity contribution in [2.24, 2.45) is 0 Å². The highest BCUT2D eigenvalue weighted by atomic mass is 35.5.